The van der Waals surface area contributed by atoms with Crippen molar-refractivity contribution in [1.82, 2.24) is 9.55 Å². The van der Waals surface area contributed by atoms with Crippen molar-refractivity contribution in [1.29, 1.82) is 0 Å². The third-order valence-electron chi connectivity index (χ3n) is 3.16. The fourth-order valence-corrected chi connectivity index (χ4v) is 5.27. The highest BCUT2D eigenvalue weighted by atomic mass is 32.1. The molecule has 17 nitrogen and oxygen atoms in total. The van der Waals surface area contributed by atoms with E-state index in [1.807, 2.05) is 0 Å². The van der Waals surface area contributed by atoms with Crippen LogP contribution < -0.4 is 0 Å². The zero-order valence-electron chi connectivity index (χ0n) is 15.7. The number of ether oxygens (including phenoxy) is 1. The van der Waals surface area contributed by atoms with Crippen molar-refractivity contribution in [2.75, 3.05) is 6.61 Å². The molecular weight excluding hydrogens is 565 g/mol. The van der Waals surface area contributed by atoms with Gasteiger partial charge in [-0.15, -0.1) is 0 Å². The average Bonchev–Trinajstić information content (AvgIpc) is 2.59. The number of aromatic nitrogens is 2. The second kappa shape index (κ2) is 11.2. The van der Waals surface area contributed by atoms with Crippen LogP contribution in [0.4, 0.5) is 8.78 Å². The SMILES string of the molecule is C[C@@H](O)[C@](COP(=O)(O)OP(=O)(O)OP(=O)(O)O)(N=[N+]=[N-])O[C@H](F)n1cc(F)c(=S)[nH]c1=S. The summed E-state index contributed by atoms with van der Waals surface area (Å²) in [6.45, 7) is -3.58. The molecule has 0 fully saturated rings. The van der Waals surface area contributed by atoms with Gasteiger partial charge in [-0.3, -0.25) is 9.09 Å². The van der Waals surface area contributed by atoms with E-state index in [1.54, 1.807) is 0 Å². The quantitative estimate of drug-likeness (QED) is 0.0684. The summed E-state index contributed by atoms with van der Waals surface area (Å²) in [5, 5.41) is 12.9. The van der Waals surface area contributed by atoms with Gasteiger partial charge in [0, 0.05) is 4.91 Å². The third kappa shape index (κ3) is 9.29. The molecule has 0 amide bonds. The van der Waals surface area contributed by atoms with Crippen molar-refractivity contribution in [2.45, 2.75) is 25.2 Å². The van der Waals surface area contributed by atoms with Crippen LogP contribution in [0.15, 0.2) is 11.3 Å². The van der Waals surface area contributed by atoms with E-state index in [9.17, 15) is 32.5 Å². The summed E-state index contributed by atoms with van der Waals surface area (Å²) in [4.78, 5) is 40.0. The molecule has 1 rings (SSSR count). The highest BCUT2D eigenvalue weighted by Crippen LogP contribution is 2.66. The minimum Gasteiger partial charge on any atom is -0.390 e. The first-order valence-electron chi connectivity index (χ1n) is 7.68. The number of aliphatic hydroxyl groups is 1. The Balaban J connectivity index is 3.22. The minimum atomic E-state index is -5.90. The van der Waals surface area contributed by atoms with E-state index in [4.69, 9.17) is 37.2 Å². The maximum atomic E-state index is 14.7. The number of azide groups is 1. The number of H-pyrrole nitrogens is 1. The lowest BCUT2D eigenvalue weighted by Gasteiger charge is -2.33. The minimum absolute atomic E-state index is 0.273. The average molecular weight is 579 g/mol. The lowest BCUT2D eigenvalue weighted by atomic mass is 10.1. The molecule has 0 aliphatic rings. The van der Waals surface area contributed by atoms with E-state index in [2.05, 4.69) is 40.4 Å². The van der Waals surface area contributed by atoms with Gasteiger partial charge in [0.05, 0.1) is 18.9 Å². The van der Waals surface area contributed by atoms with Gasteiger partial charge in [0.1, 0.15) is 4.64 Å². The summed E-state index contributed by atoms with van der Waals surface area (Å²) in [6, 6.07) is 0. The molecule has 0 bridgehead atoms. The van der Waals surface area contributed by atoms with E-state index < -0.39 is 63.6 Å². The Kier molecular flexibility index (Phi) is 10.2. The number of phosphoric ester groups is 1. The maximum Gasteiger partial charge on any atom is 0.490 e. The molecule has 188 valence electrons. The molecule has 0 aromatic carbocycles. The first-order chi connectivity index (χ1) is 14.8. The molecule has 1 heterocycles. The standard InChI is InChI=1S/C9H14F2N5O12P3S2/c1-4(17)9(14-15-12,26-7(11)16-2-5(10)6(32)13-8(16)33)3-25-30(21,22)28-31(23,24)27-29(18,19)20/h2,4,7,17H,3H2,1H3,(H,21,22)(H,23,24)(H,13,32,33)(H2,18,19,20)/t4-,7-,9-/m1/s1. The Morgan fingerprint density at radius 3 is 2.33 bits per heavy atom. The van der Waals surface area contributed by atoms with Gasteiger partial charge >= 0.3 is 23.5 Å². The number of rotatable bonds is 12. The number of aliphatic hydroxyl groups excluding tert-OH is 1. The van der Waals surface area contributed by atoms with Crippen molar-refractivity contribution in [2.24, 2.45) is 5.11 Å². The number of nitrogens with zero attached hydrogens (tertiary/aromatic N) is 4. The van der Waals surface area contributed by atoms with E-state index in [0.717, 1.165) is 6.92 Å². The molecular formula is C9H14F2N5O12P3S2. The van der Waals surface area contributed by atoms with Crippen molar-refractivity contribution in [3.05, 3.63) is 31.9 Å². The molecule has 0 aliphatic heterocycles. The second-order valence-corrected chi connectivity index (χ2v) is 10.8. The van der Waals surface area contributed by atoms with Gasteiger partial charge < -0.3 is 34.4 Å². The highest BCUT2D eigenvalue weighted by molar-refractivity contribution is 7.72. The summed E-state index contributed by atoms with van der Waals surface area (Å²) in [6.07, 6.45) is -1.60. The van der Waals surface area contributed by atoms with E-state index in [-0.39, 0.29) is 4.57 Å². The van der Waals surface area contributed by atoms with E-state index >= 15 is 0 Å². The summed E-state index contributed by atoms with van der Waals surface area (Å²) in [5.74, 6) is -1.16. The molecule has 2 unspecified atom stereocenters. The van der Waals surface area contributed by atoms with E-state index in [1.165, 1.54) is 0 Å². The largest absolute Gasteiger partial charge is 0.490 e. The first kappa shape index (κ1) is 30.1. The number of hydrogen-bond acceptors (Lipinski definition) is 11. The van der Waals surface area contributed by atoms with Crippen molar-refractivity contribution < 1.29 is 65.0 Å². The van der Waals surface area contributed by atoms with Crippen molar-refractivity contribution >= 4 is 47.9 Å². The molecule has 0 spiro atoms. The van der Waals surface area contributed by atoms with Crippen LogP contribution in [-0.2, 0) is 31.6 Å². The fourth-order valence-electron chi connectivity index (χ4n) is 1.78. The van der Waals surface area contributed by atoms with Crippen LogP contribution in [0, 0.1) is 15.2 Å². The summed E-state index contributed by atoms with van der Waals surface area (Å²) >= 11 is 9.30. The smallest absolute Gasteiger partial charge is 0.390 e. The number of hydrogen-bond donors (Lipinski definition) is 6. The molecule has 24 heteroatoms. The number of alkyl halides is 1. The zero-order valence-corrected chi connectivity index (χ0v) is 20.1. The third-order valence-corrected chi connectivity index (χ3v) is 7.55. The normalized spacial score (nSPS) is 19.4. The molecule has 33 heavy (non-hydrogen) atoms. The number of halogens is 2. The van der Waals surface area contributed by atoms with Gasteiger partial charge in [-0.1, -0.05) is 17.3 Å². The molecule has 0 saturated heterocycles. The Morgan fingerprint density at radius 2 is 1.85 bits per heavy atom. The monoisotopic (exact) mass is 579 g/mol. The predicted molar refractivity (Wildman–Crippen MR) is 105 cm³/mol. The van der Waals surface area contributed by atoms with Crippen LogP contribution in [0.5, 0.6) is 0 Å². The van der Waals surface area contributed by atoms with Crippen LogP contribution in [0.3, 0.4) is 0 Å². The summed E-state index contributed by atoms with van der Waals surface area (Å²) in [5.41, 5.74) is 5.82. The summed E-state index contributed by atoms with van der Waals surface area (Å²) in [7, 11) is -17.4. The molecule has 1 aromatic heterocycles. The maximum absolute atomic E-state index is 14.7. The Bertz CT molecular complexity index is 1180. The van der Waals surface area contributed by atoms with Gasteiger partial charge in [-0.2, -0.15) is 13.0 Å². The van der Waals surface area contributed by atoms with Gasteiger partial charge in [0.25, 0.3) is 6.48 Å². The van der Waals surface area contributed by atoms with Crippen LogP contribution in [0.2, 0.25) is 0 Å². The van der Waals surface area contributed by atoms with Crippen LogP contribution in [-0.4, -0.2) is 52.7 Å². The van der Waals surface area contributed by atoms with Gasteiger partial charge in [0.2, 0.25) is 5.72 Å². The molecule has 0 saturated carbocycles. The Hall–Kier alpha value is -0.980. The number of aromatic amines is 1. The Labute approximate surface area is 191 Å². The van der Waals surface area contributed by atoms with Gasteiger partial charge in [-0.05, 0) is 24.7 Å². The summed E-state index contributed by atoms with van der Waals surface area (Å²) < 4.78 is 77.4. The number of phosphoric acid groups is 3. The zero-order chi connectivity index (χ0) is 25.8. The highest BCUT2D eigenvalue weighted by Gasteiger charge is 2.45. The van der Waals surface area contributed by atoms with Crippen molar-refractivity contribution in [3.63, 3.8) is 0 Å². The molecule has 6 N–H and O–H groups in total. The molecule has 0 radical (unpaired) electrons. The molecule has 1 aromatic rings. The van der Waals surface area contributed by atoms with Gasteiger partial charge in [-0.25, -0.2) is 18.1 Å². The molecule has 5 atom stereocenters. The van der Waals surface area contributed by atoms with E-state index in [0.29, 0.717) is 6.20 Å². The Morgan fingerprint density at radius 1 is 1.27 bits per heavy atom. The van der Waals surface area contributed by atoms with Crippen molar-refractivity contribution in [3.8, 4) is 0 Å². The predicted octanol–water partition coefficient (Wildman–Crippen LogP) is 2.59. The fraction of sp³-hybridized carbons (Fsp3) is 0.556. The van der Waals surface area contributed by atoms with Crippen LogP contribution >= 0.6 is 47.9 Å². The van der Waals surface area contributed by atoms with Crippen LogP contribution in [0.25, 0.3) is 10.4 Å². The van der Waals surface area contributed by atoms with Crippen LogP contribution in [0.1, 0.15) is 13.4 Å². The lowest BCUT2D eigenvalue weighted by molar-refractivity contribution is -0.229. The first-order valence-corrected chi connectivity index (χ1v) is 13.0. The second-order valence-electron chi connectivity index (χ2n) is 5.63. The molecule has 0 aliphatic carbocycles. The number of nitrogens with one attached hydrogen (secondary N) is 1. The van der Waals surface area contributed by atoms with Gasteiger partial charge in [0.15, 0.2) is 10.6 Å². The lowest BCUT2D eigenvalue weighted by Crippen LogP contribution is -2.46. The topological polar surface area (TPSA) is 259 Å².